The normalized spacial score (nSPS) is 28.9. The zero-order valence-corrected chi connectivity index (χ0v) is 26.6. The second-order valence-corrected chi connectivity index (χ2v) is 13.7. The van der Waals surface area contributed by atoms with Gasteiger partial charge >= 0.3 is 38.7 Å². The first-order valence-electron chi connectivity index (χ1n) is 12.8. The molecule has 28 heteroatoms. The number of H-pyrrole nitrogens is 1. The van der Waals surface area contributed by atoms with Crippen LogP contribution in [-0.4, -0.2) is 99.3 Å². The lowest BCUT2D eigenvalue weighted by Crippen LogP contribution is -2.42. The van der Waals surface area contributed by atoms with Crippen molar-refractivity contribution in [2.24, 2.45) is 0 Å². The molecule has 3 aromatic heterocycles. The standard InChI is InChI=1S/C19H22N7O17P4/c20-15-10-16(23-5-22-15)25(6-24-10)17-13(30)11(28)7(39-17)3-37-44(33)41-46(35)43-47(36)42-45(34)38-4-8-12(29)14(31)18(40-8)26-9(27)1-2-21-19(26)32/h1-2,5-8,11-14,17-18,28-31H,3-4H2,(H2-,20,21,22,23,27,32)/q+3/p+1/t7-,8+,11-,12+,13-,14+,17-,18+/m0/s1. The smallest absolute Gasteiger partial charge is 0.387 e. The topological polar surface area (TPSA) is 338 Å². The fraction of sp³-hybridized carbons (Fsp3) is 0.526. The van der Waals surface area contributed by atoms with Crippen LogP contribution in [0.5, 0.6) is 0 Å². The highest BCUT2D eigenvalue weighted by Gasteiger charge is 2.56. The summed E-state index contributed by atoms with van der Waals surface area (Å²) < 4.78 is 83.3. The summed E-state index contributed by atoms with van der Waals surface area (Å²) >= 11 is 0. The number of anilines is 1. The van der Waals surface area contributed by atoms with E-state index < -0.39 is 107 Å². The molecule has 5 rings (SSSR count). The van der Waals surface area contributed by atoms with Gasteiger partial charge in [0.05, 0.1) is 6.33 Å². The molecule has 0 aliphatic carbocycles. The molecule has 0 amide bonds. The van der Waals surface area contributed by atoms with Gasteiger partial charge in [0.15, 0.2) is 36.9 Å². The molecule has 7 N–H and O–H groups in total. The highest BCUT2D eigenvalue weighted by atomic mass is 31.2. The predicted molar refractivity (Wildman–Crippen MR) is 148 cm³/mol. The summed E-state index contributed by atoms with van der Waals surface area (Å²) in [6, 6.07) is 0.971. The minimum absolute atomic E-state index is 0.0647. The van der Waals surface area contributed by atoms with E-state index in [1.807, 2.05) is 0 Å². The average molecular weight is 745 g/mol. The lowest BCUT2D eigenvalue weighted by Gasteiger charge is -2.16. The molecule has 2 fully saturated rings. The van der Waals surface area contributed by atoms with Gasteiger partial charge in [0.2, 0.25) is 0 Å². The first-order chi connectivity index (χ1) is 22.3. The van der Waals surface area contributed by atoms with Crippen molar-refractivity contribution in [3.8, 4) is 0 Å². The summed E-state index contributed by atoms with van der Waals surface area (Å²) in [7, 11) is -13.5. The second kappa shape index (κ2) is 15.0. The Hall–Kier alpha value is -3.01. The van der Waals surface area contributed by atoms with Crippen molar-refractivity contribution in [2.45, 2.75) is 49.1 Å². The Morgan fingerprint density at radius 2 is 1.36 bits per heavy atom. The number of rotatable bonds is 14. The van der Waals surface area contributed by atoms with Gasteiger partial charge < -0.3 is 40.6 Å². The lowest BCUT2D eigenvalue weighted by atomic mass is 10.1. The Kier molecular flexibility index (Phi) is 11.3. The van der Waals surface area contributed by atoms with Gasteiger partial charge in [0.25, 0.3) is 5.56 Å². The molecule has 5 heterocycles. The molecule has 0 bridgehead atoms. The molecular formula is C19H23N7O17P4+4. The number of ether oxygens (including phenoxy) is 2. The van der Waals surface area contributed by atoms with Gasteiger partial charge in [0, 0.05) is 30.5 Å². The highest BCUT2D eigenvalue weighted by Crippen LogP contribution is 2.51. The van der Waals surface area contributed by atoms with Gasteiger partial charge in [-0.3, -0.25) is 9.36 Å². The number of nitrogens with zero attached hydrogens (tertiary/aromatic N) is 5. The van der Waals surface area contributed by atoms with Gasteiger partial charge in [0.1, 0.15) is 61.7 Å². The quantitative estimate of drug-likeness (QED) is 0.107. The maximum atomic E-state index is 12.1. The molecule has 24 nitrogen and oxygen atoms in total. The van der Waals surface area contributed by atoms with Gasteiger partial charge in [-0.15, -0.1) is 9.05 Å². The van der Waals surface area contributed by atoms with Crippen LogP contribution in [0, 0.1) is 0 Å². The molecule has 0 aromatic carbocycles. The van der Waals surface area contributed by atoms with E-state index >= 15 is 0 Å². The molecule has 47 heavy (non-hydrogen) atoms. The zero-order valence-electron chi connectivity index (χ0n) is 23.0. The Morgan fingerprint density at radius 1 is 0.809 bits per heavy atom. The SMILES string of the molecule is Nc1ncnc2c1ncn2[C@H]1O[C@@H](CO[P+](=O)O[P+](=O)O[P+](=O)O[P+](=O)OC[C@H]2O[C@@H](n3c(=O)cc[nH]c3=O)[C@H](O)[C@@H]2O)[C@H](O)[C@@H]1O. The second-order valence-electron chi connectivity index (χ2n) is 9.40. The number of nitrogen functional groups attached to an aromatic ring is 1. The number of aliphatic hydroxyl groups is 4. The van der Waals surface area contributed by atoms with Crippen LogP contribution in [-0.2, 0) is 49.7 Å². The zero-order chi connectivity index (χ0) is 34.0. The van der Waals surface area contributed by atoms with Crippen molar-refractivity contribution < 1.29 is 70.1 Å². The van der Waals surface area contributed by atoms with Gasteiger partial charge in [-0.1, -0.05) is 0 Å². The summed E-state index contributed by atoms with van der Waals surface area (Å²) in [5.41, 5.74) is 4.36. The average Bonchev–Trinajstić information content (AvgIpc) is 3.65. The molecular weight excluding hydrogens is 722 g/mol. The molecule has 2 aliphatic rings. The van der Waals surface area contributed by atoms with E-state index in [0.29, 0.717) is 4.57 Å². The van der Waals surface area contributed by atoms with Crippen LogP contribution in [0.25, 0.3) is 11.2 Å². The van der Waals surface area contributed by atoms with Crippen LogP contribution in [0.1, 0.15) is 12.5 Å². The van der Waals surface area contributed by atoms with Crippen LogP contribution in [0.15, 0.2) is 34.5 Å². The van der Waals surface area contributed by atoms with Crippen LogP contribution < -0.4 is 17.0 Å². The van der Waals surface area contributed by atoms with E-state index in [9.17, 15) is 48.3 Å². The first-order valence-corrected chi connectivity index (χ1v) is 17.2. The van der Waals surface area contributed by atoms with Crippen LogP contribution in [0.4, 0.5) is 5.82 Å². The molecule has 12 atom stereocenters. The van der Waals surface area contributed by atoms with Crippen LogP contribution in [0.2, 0.25) is 0 Å². The van der Waals surface area contributed by atoms with E-state index in [4.69, 9.17) is 24.3 Å². The van der Waals surface area contributed by atoms with E-state index in [1.54, 1.807) is 0 Å². The fourth-order valence-electron chi connectivity index (χ4n) is 4.42. The molecule has 2 aliphatic heterocycles. The van der Waals surface area contributed by atoms with Crippen molar-refractivity contribution in [3.05, 3.63) is 45.8 Å². The third-order valence-electron chi connectivity index (χ3n) is 6.57. The summed E-state index contributed by atoms with van der Waals surface area (Å²) in [5, 5.41) is 41.2. The molecule has 252 valence electrons. The summed E-state index contributed by atoms with van der Waals surface area (Å²) in [6.45, 7) is -1.42. The monoisotopic (exact) mass is 745 g/mol. The third-order valence-corrected chi connectivity index (χ3v) is 10.5. The maximum absolute atomic E-state index is 12.1. The summed E-state index contributed by atoms with van der Waals surface area (Å²) in [6.07, 6.45) is -8.65. The Labute approximate surface area is 263 Å². The Balaban J connectivity index is 1.04. The van der Waals surface area contributed by atoms with Gasteiger partial charge in [-0.05, 0) is 0 Å². The summed E-state index contributed by atoms with van der Waals surface area (Å²) in [4.78, 5) is 38.0. The van der Waals surface area contributed by atoms with E-state index in [0.717, 1.165) is 18.6 Å². The molecule has 4 unspecified atom stereocenters. The fourth-order valence-corrected chi connectivity index (χ4v) is 7.41. The number of aromatic nitrogens is 6. The Bertz CT molecular complexity index is 1780. The number of aliphatic hydroxyl groups excluding tert-OH is 4. The maximum Gasteiger partial charge on any atom is 0.798 e. The van der Waals surface area contributed by atoms with Crippen molar-refractivity contribution in [3.63, 3.8) is 0 Å². The predicted octanol–water partition coefficient (Wildman–Crippen LogP) is -1.09. The summed E-state index contributed by atoms with van der Waals surface area (Å²) in [5.74, 6) is 0.0647. The number of nitrogens with two attached hydrogens (primary N) is 1. The molecule has 3 aromatic rings. The van der Waals surface area contributed by atoms with E-state index in [2.05, 4.69) is 32.9 Å². The Morgan fingerprint density at radius 3 is 1.96 bits per heavy atom. The van der Waals surface area contributed by atoms with Gasteiger partial charge in [-0.2, -0.15) is 0 Å². The first kappa shape index (κ1) is 35.3. The van der Waals surface area contributed by atoms with Crippen molar-refractivity contribution in [1.82, 2.24) is 29.1 Å². The number of hydrogen-bond donors (Lipinski definition) is 6. The van der Waals surface area contributed by atoms with Gasteiger partial charge in [-0.25, -0.2) is 24.3 Å². The van der Waals surface area contributed by atoms with Crippen molar-refractivity contribution >= 4 is 50.0 Å². The number of imidazole rings is 1. The third kappa shape index (κ3) is 7.84. The van der Waals surface area contributed by atoms with Crippen LogP contribution >= 0.6 is 33.0 Å². The number of aromatic amines is 1. The molecule has 0 spiro atoms. The minimum Gasteiger partial charge on any atom is -0.387 e. The molecule has 2 saturated heterocycles. The largest absolute Gasteiger partial charge is 0.798 e. The number of hydrogen-bond acceptors (Lipinski definition) is 21. The van der Waals surface area contributed by atoms with Crippen molar-refractivity contribution in [2.75, 3.05) is 18.9 Å². The lowest BCUT2D eigenvalue weighted by molar-refractivity contribution is -0.0531. The number of fused-ring (bicyclic) bond motifs is 1. The van der Waals surface area contributed by atoms with E-state index in [-0.39, 0.29) is 17.0 Å². The highest BCUT2D eigenvalue weighted by molar-refractivity contribution is 7.56. The van der Waals surface area contributed by atoms with Crippen LogP contribution in [0.3, 0.4) is 0 Å². The van der Waals surface area contributed by atoms with E-state index in [1.165, 1.54) is 10.9 Å². The van der Waals surface area contributed by atoms with Crippen molar-refractivity contribution in [1.29, 1.82) is 0 Å². The number of nitrogens with one attached hydrogen (secondary N) is 1. The molecule has 0 radical (unpaired) electrons. The minimum atomic E-state index is -3.48. The molecule has 0 saturated carbocycles.